The van der Waals surface area contributed by atoms with Crippen molar-refractivity contribution in [2.75, 3.05) is 12.4 Å². The first kappa shape index (κ1) is 22.0. The summed E-state index contributed by atoms with van der Waals surface area (Å²) >= 11 is 0. The van der Waals surface area contributed by atoms with Crippen molar-refractivity contribution in [1.82, 2.24) is 29.5 Å². The second-order valence-electron chi connectivity index (χ2n) is 8.49. The fourth-order valence-corrected chi connectivity index (χ4v) is 3.92. The molecule has 1 aliphatic rings. The van der Waals surface area contributed by atoms with Gasteiger partial charge in [-0.2, -0.15) is 10.2 Å². The van der Waals surface area contributed by atoms with Crippen LogP contribution in [0.25, 0.3) is 17.1 Å². The molecule has 34 heavy (non-hydrogen) atoms. The van der Waals surface area contributed by atoms with Crippen LogP contribution < -0.4 is 10.1 Å². The summed E-state index contributed by atoms with van der Waals surface area (Å²) in [6.45, 7) is 4.47. The Bertz CT molecular complexity index is 1310. The van der Waals surface area contributed by atoms with Crippen LogP contribution in [0.5, 0.6) is 5.75 Å². The molecule has 5 rings (SSSR count). The molecule has 0 aliphatic heterocycles. The molecule has 0 radical (unpaired) electrons. The normalized spacial score (nSPS) is 13.5. The number of nitrogens with one attached hydrogen (secondary N) is 1. The van der Waals surface area contributed by atoms with Gasteiger partial charge in [-0.15, -0.1) is 0 Å². The molecule has 176 valence electrons. The zero-order chi connectivity index (χ0) is 23.8. The van der Waals surface area contributed by atoms with Gasteiger partial charge in [-0.05, 0) is 62.9 Å². The number of nitrogens with zero attached hydrogens (tertiary/aromatic N) is 6. The maximum atomic E-state index is 13.5. The number of aromatic nitrogens is 6. The molecule has 0 unspecified atom stereocenters. The van der Waals surface area contributed by atoms with Gasteiger partial charge >= 0.3 is 0 Å². The summed E-state index contributed by atoms with van der Waals surface area (Å²) in [7, 11) is 1.64. The van der Waals surface area contributed by atoms with Crippen LogP contribution in [0.4, 0.5) is 20.4 Å². The standard InChI is InChI=1S/C24H25F2N7O/c1-14-10-19(23(25)26)33(30-14)21-11-20(27-13-28-21)29-24-15(2)22(31-32(24)12-16-4-5-16)17-6-8-18(34-3)9-7-17/h6-11,13,16,23H,4-5,12H2,1-3H3,(H,27,28,29). The summed E-state index contributed by atoms with van der Waals surface area (Å²) in [5.41, 5.74) is 3.09. The number of hydrogen-bond donors (Lipinski definition) is 1. The highest BCUT2D eigenvalue weighted by Crippen LogP contribution is 2.36. The van der Waals surface area contributed by atoms with Gasteiger partial charge in [0.25, 0.3) is 6.43 Å². The van der Waals surface area contributed by atoms with Crippen molar-refractivity contribution in [3.8, 4) is 22.8 Å². The molecule has 1 fully saturated rings. The van der Waals surface area contributed by atoms with Crippen molar-refractivity contribution >= 4 is 11.6 Å². The monoisotopic (exact) mass is 465 g/mol. The number of hydrogen-bond acceptors (Lipinski definition) is 6. The van der Waals surface area contributed by atoms with E-state index in [-0.39, 0.29) is 11.5 Å². The Hall–Kier alpha value is -3.82. The fourth-order valence-electron chi connectivity index (χ4n) is 3.92. The Balaban J connectivity index is 1.50. The Labute approximate surface area is 195 Å². The number of halogens is 2. The van der Waals surface area contributed by atoms with E-state index in [1.54, 1.807) is 20.1 Å². The van der Waals surface area contributed by atoms with E-state index in [0.29, 0.717) is 17.4 Å². The van der Waals surface area contributed by atoms with Crippen molar-refractivity contribution in [3.63, 3.8) is 0 Å². The van der Waals surface area contributed by atoms with Crippen LogP contribution in [0.3, 0.4) is 0 Å². The average Bonchev–Trinajstić information content (AvgIpc) is 3.49. The van der Waals surface area contributed by atoms with Crippen LogP contribution >= 0.6 is 0 Å². The number of methoxy groups -OCH3 is 1. The number of anilines is 2. The molecule has 0 atom stereocenters. The van der Waals surface area contributed by atoms with Gasteiger partial charge < -0.3 is 10.1 Å². The molecule has 1 aliphatic carbocycles. The van der Waals surface area contributed by atoms with E-state index < -0.39 is 6.43 Å². The molecule has 0 spiro atoms. The lowest BCUT2D eigenvalue weighted by Gasteiger charge is -2.11. The summed E-state index contributed by atoms with van der Waals surface area (Å²) in [5.74, 6) is 2.93. The third kappa shape index (κ3) is 4.35. The van der Waals surface area contributed by atoms with Crippen LogP contribution in [-0.4, -0.2) is 36.6 Å². The first-order valence-corrected chi connectivity index (χ1v) is 11.1. The number of rotatable bonds is 8. The third-order valence-electron chi connectivity index (χ3n) is 5.88. The highest BCUT2D eigenvalue weighted by atomic mass is 19.3. The largest absolute Gasteiger partial charge is 0.497 e. The molecule has 10 heteroatoms. The van der Waals surface area contributed by atoms with E-state index in [1.807, 2.05) is 35.9 Å². The summed E-state index contributed by atoms with van der Waals surface area (Å²) in [4.78, 5) is 8.48. The number of ether oxygens (including phenoxy) is 1. The minimum atomic E-state index is -2.66. The van der Waals surface area contributed by atoms with Crippen LogP contribution in [-0.2, 0) is 6.54 Å². The Morgan fingerprint density at radius 1 is 1.09 bits per heavy atom. The van der Waals surface area contributed by atoms with Crippen molar-refractivity contribution in [2.24, 2.45) is 5.92 Å². The second-order valence-corrected chi connectivity index (χ2v) is 8.49. The summed E-state index contributed by atoms with van der Waals surface area (Å²) < 4.78 is 35.4. The molecule has 0 amide bonds. The molecule has 1 N–H and O–H groups in total. The number of benzene rings is 1. The van der Waals surface area contributed by atoms with Crippen molar-refractivity contribution < 1.29 is 13.5 Å². The molecule has 8 nitrogen and oxygen atoms in total. The lowest BCUT2D eigenvalue weighted by molar-refractivity contribution is 0.142. The Morgan fingerprint density at radius 3 is 2.53 bits per heavy atom. The lowest BCUT2D eigenvalue weighted by atomic mass is 10.1. The van der Waals surface area contributed by atoms with Gasteiger partial charge in [0, 0.05) is 23.7 Å². The van der Waals surface area contributed by atoms with Crippen molar-refractivity contribution in [2.45, 2.75) is 39.7 Å². The minimum Gasteiger partial charge on any atom is -0.497 e. The Morgan fingerprint density at radius 2 is 1.85 bits per heavy atom. The summed E-state index contributed by atoms with van der Waals surface area (Å²) in [6.07, 6.45) is 1.04. The molecule has 1 saturated carbocycles. The first-order valence-electron chi connectivity index (χ1n) is 11.1. The predicted molar refractivity (Wildman–Crippen MR) is 124 cm³/mol. The average molecular weight is 466 g/mol. The van der Waals surface area contributed by atoms with Gasteiger partial charge in [0.05, 0.1) is 18.5 Å². The topological polar surface area (TPSA) is 82.7 Å². The van der Waals surface area contributed by atoms with Gasteiger partial charge in [-0.25, -0.2) is 28.1 Å². The molecule has 3 aromatic heterocycles. The van der Waals surface area contributed by atoms with E-state index >= 15 is 0 Å². The fraction of sp³-hybridized carbons (Fsp3) is 0.333. The zero-order valence-electron chi connectivity index (χ0n) is 19.2. The molecular formula is C24H25F2N7O. The highest BCUT2D eigenvalue weighted by Gasteiger charge is 2.26. The van der Waals surface area contributed by atoms with Crippen LogP contribution in [0.15, 0.2) is 42.7 Å². The number of alkyl halides is 2. The maximum Gasteiger partial charge on any atom is 0.280 e. The maximum absolute atomic E-state index is 13.5. The van der Waals surface area contributed by atoms with Gasteiger partial charge in [0.15, 0.2) is 5.82 Å². The van der Waals surface area contributed by atoms with Crippen molar-refractivity contribution in [1.29, 1.82) is 0 Å². The molecule has 1 aromatic carbocycles. The lowest BCUT2D eigenvalue weighted by Crippen LogP contribution is -2.09. The quantitative estimate of drug-likeness (QED) is 0.383. The second kappa shape index (κ2) is 8.85. The molecular weight excluding hydrogens is 440 g/mol. The van der Waals surface area contributed by atoms with E-state index in [0.717, 1.165) is 39.6 Å². The highest BCUT2D eigenvalue weighted by molar-refractivity contribution is 5.71. The van der Waals surface area contributed by atoms with Crippen molar-refractivity contribution in [3.05, 3.63) is 59.7 Å². The summed E-state index contributed by atoms with van der Waals surface area (Å²) in [6, 6.07) is 10.7. The van der Waals surface area contributed by atoms with Crippen LogP contribution in [0, 0.1) is 19.8 Å². The third-order valence-corrected chi connectivity index (χ3v) is 5.88. The zero-order valence-corrected chi connectivity index (χ0v) is 19.2. The molecule has 3 heterocycles. The van der Waals surface area contributed by atoms with E-state index in [1.165, 1.54) is 25.2 Å². The summed E-state index contributed by atoms with van der Waals surface area (Å²) in [5, 5.41) is 12.4. The van der Waals surface area contributed by atoms with Crippen LogP contribution in [0.2, 0.25) is 0 Å². The first-order chi connectivity index (χ1) is 16.4. The van der Waals surface area contributed by atoms with Crippen LogP contribution in [0.1, 0.15) is 36.2 Å². The SMILES string of the molecule is COc1ccc(-c2nn(CC3CC3)c(Nc3cc(-n4nc(C)cc4C(F)F)ncn3)c2C)cc1. The number of aryl methyl sites for hydroxylation is 1. The van der Waals surface area contributed by atoms with E-state index in [9.17, 15) is 8.78 Å². The molecule has 4 aromatic rings. The van der Waals surface area contributed by atoms with E-state index in [4.69, 9.17) is 9.84 Å². The molecule has 0 bridgehead atoms. The smallest absolute Gasteiger partial charge is 0.280 e. The minimum absolute atomic E-state index is 0.209. The van der Waals surface area contributed by atoms with Gasteiger partial charge in [-0.1, -0.05) is 0 Å². The predicted octanol–water partition coefficient (Wildman–Crippen LogP) is 5.24. The van der Waals surface area contributed by atoms with E-state index in [2.05, 4.69) is 20.4 Å². The van der Waals surface area contributed by atoms with Gasteiger partial charge in [0.2, 0.25) is 0 Å². The molecule has 0 saturated heterocycles. The Kier molecular flexibility index (Phi) is 5.72. The van der Waals surface area contributed by atoms with Gasteiger partial charge in [0.1, 0.15) is 29.4 Å². The van der Waals surface area contributed by atoms with Gasteiger partial charge in [-0.3, -0.25) is 0 Å².